The van der Waals surface area contributed by atoms with Crippen LogP contribution in [-0.4, -0.2) is 47.4 Å². The van der Waals surface area contributed by atoms with Crippen molar-refractivity contribution in [3.63, 3.8) is 0 Å². The van der Waals surface area contributed by atoms with Crippen molar-refractivity contribution < 1.29 is 9.21 Å². The first kappa shape index (κ1) is 19.2. The molecule has 1 amide bonds. The third kappa shape index (κ3) is 4.28. The average Bonchev–Trinajstić information content (AvgIpc) is 3.34. The van der Waals surface area contributed by atoms with Gasteiger partial charge in [-0.15, -0.1) is 11.3 Å². The molecule has 6 heteroatoms. The largest absolute Gasteiger partial charge is 0.454 e. The van der Waals surface area contributed by atoms with Gasteiger partial charge in [-0.2, -0.15) is 0 Å². The second-order valence-electron chi connectivity index (χ2n) is 7.76. The number of furan rings is 1. The zero-order chi connectivity index (χ0) is 19.5. The Morgan fingerprint density at radius 2 is 2.00 bits per heavy atom. The maximum absolute atomic E-state index is 12.6. The SMILES string of the molecule is CN(CC(=O)N(C)C1CCCCC1)Cc1csc(-c2cc3ccccc3o2)n1. The van der Waals surface area contributed by atoms with Crippen LogP contribution in [0.3, 0.4) is 0 Å². The highest BCUT2D eigenvalue weighted by Crippen LogP contribution is 2.30. The molecule has 148 valence electrons. The third-order valence-corrected chi connectivity index (χ3v) is 6.45. The van der Waals surface area contributed by atoms with Crippen molar-refractivity contribution >= 4 is 28.2 Å². The smallest absolute Gasteiger partial charge is 0.236 e. The summed E-state index contributed by atoms with van der Waals surface area (Å²) < 4.78 is 5.91. The fraction of sp³-hybridized carbons (Fsp3) is 0.455. The van der Waals surface area contributed by atoms with E-state index < -0.39 is 0 Å². The van der Waals surface area contributed by atoms with E-state index in [1.807, 2.05) is 59.6 Å². The molecule has 2 aromatic heterocycles. The number of rotatable bonds is 6. The maximum Gasteiger partial charge on any atom is 0.236 e. The summed E-state index contributed by atoms with van der Waals surface area (Å²) >= 11 is 1.58. The van der Waals surface area contributed by atoms with E-state index in [4.69, 9.17) is 9.40 Å². The molecule has 0 aliphatic heterocycles. The lowest BCUT2D eigenvalue weighted by Gasteiger charge is -2.32. The molecule has 1 aliphatic rings. The summed E-state index contributed by atoms with van der Waals surface area (Å²) in [5, 5.41) is 4.02. The highest BCUT2D eigenvalue weighted by Gasteiger charge is 2.23. The van der Waals surface area contributed by atoms with Crippen LogP contribution < -0.4 is 0 Å². The van der Waals surface area contributed by atoms with Crippen LogP contribution in [0.1, 0.15) is 37.8 Å². The van der Waals surface area contributed by atoms with Crippen LogP contribution in [0.5, 0.6) is 0 Å². The van der Waals surface area contributed by atoms with Gasteiger partial charge >= 0.3 is 0 Å². The summed E-state index contributed by atoms with van der Waals surface area (Å²) in [6, 6.07) is 10.4. The lowest BCUT2D eigenvalue weighted by atomic mass is 9.94. The van der Waals surface area contributed by atoms with Gasteiger partial charge in [0.25, 0.3) is 0 Å². The highest BCUT2D eigenvalue weighted by molar-refractivity contribution is 7.13. The van der Waals surface area contributed by atoms with Gasteiger partial charge in [0.2, 0.25) is 5.91 Å². The highest BCUT2D eigenvalue weighted by atomic mass is 32.1. The van der Waals surface area contributed by atoms with Gasteiger partial charge in [0.05, 0.1) is 12.2 Å². The van der Waals surface area contributed by atoms with Gasteiger partial charge in [0.15, 0.2) is 10.8 Å². The van der Waals surface area contributed by atoms with Crippen LogP contribution in [0.25, 0.3) is 21.7 Å². The van der Waals surface area contributed by atoms with Crippen molar-refractivity contribution in [1.82, 2.24) is 14.8 Å². The average molecular weight is 398 g/mol. The summed E-state index contributed by atoms with van der Waals surface area (Å²) in [5.74, 6) is 0.996. The molecule has 1 fully saturated rings. The van der Waals surface area contributed by atoms with Gasteiger partial charge in [-0.05, 0) is 32.0 Å². The zero-order valence-corrected chi connectivity index (χ0v) is 17.4. The number of fused-ring (bicyclic) bond motifs is 1. The molecule has 0 saturated heterocycles. The van der Waals surface area contributed by atoms with Crippen LogP contribution in [0.4, 0.5) is 0 Å². The minimum absolute atomic E-state index is 0.196. The topological polar surface area (TPSA) is 49.6 Å². The summed E-state index contributed by atoms with van der Waals surface area (Å²) in [6.45, 7) is 1.07. The Kier molecular flexibility index (Phi) is 5.78. The Morgan fingerprint density at radius 3 is 2.79 bits per heavy atom. The number of aromatic nitrogens is 1. The predicted molar refractivity (Wildman–Crippen MR) is 113 cm³/mol. The number of amides is 1. The van der Waals surface area contributed by atoms with Gasteiger partial charge in [-0.3, -0.25) is 9.69 Å². The summed E-state index contributed by atoms with van der Waals surface area (Å²) in [5.41, 5.74) is 1.85. The lowest BCUT2D eigenvalue weighted by molar-refractivity contribution is -0.133. The molecule has 0 N–H and O–H groups in total. The van der Waals surface area contributed by atoms with Crippen molar-refractivity contribution in [2.24, 2.45) is 0 Å². The van der Waals surface area contributed by atoms with E-state index in [1.165, 1.54) is 19.3 Å². The Bertz CT molecular complexity index is 909. The number of hydrogen-bond acceptors (Lipinski definition) is 5. The second-order valence-corrected chi connectivity index (χ2v) is 8.62. The first-order valence-corrected chi connectivity index (χ1v) is 10.9. The number of para-hydroxylation sites is 1. The molecule has 5 nitrogen and oxygen atoms in total. The van der Waals surface area contributed by atoms with Crippen molar-refractivity contribution in [3.8, 4) is 10.8 Å². The van der Waals surface area contributed by atoms with E-state index >= 15 is 0 Å². The number of carbonyl (C=O) groups is 1. The van der Waals surface area contributed by atoms with E-state index in [2.05, 4.69) is 0 Å². The minimum atomic E-state index is 0.196. The molecule has 0 bridgehead atoms. The normalized spacial score (nSPS) is 15.4. The Morgan fingerprint density at radius 1 is 1.21 bits per heavy atom. The number of likely N-dealkylation sites (N-methyl/N-ethyl adjacent to an activating group) is 2. The van der Waals surface area contributed by atoms with Crippen LogP contribution in [0.15, 0.2) is 40.1 Å². The van der Waals surface area contributed by atoms with Crippen molar-refractivity contribution in [3.05, 3.63) is 41.4 Å². The fourth-order valence-electron chi connectivity index (χ4n) is 3.93. The molecule has 0 radical (unpaired) electrons. The number of carbonyl (C=O) groups excluding carboxylic acids is 1. The summed E-state index contributed by atoms with van der Waals surface area (Å²) in [6.07, 6.45) is 6.05. The Labute approximate surface area is 170 Å². The number of hydrogen-bond donors (Lipinski definition) is 0. The molecular formula is C22H27N3O2S. The number of nitrogens with zero attached hydrogens (tertiary/aromatic N) is 3. The molecule has 1 saturated carbocycles. The molecule has 0 unspecified atom stereocenters. The first-order chi connectivity index (χ1) is 13.6. The molecule has 28 heavy (non-hydrogen) atoms. The quantitative estimate of drug-likeness (QED) is 0.601. The molecule has 1 aliphatic carbocycles. The fourth-order valence-corrected chi connectivity index (χ4v) is 4.69. The Balaban J connectivity index is 1.36. The van der Waals surface area contributed by atoms with Crippen molar-refractivity contribution in [1.29, 1.82) is 0 Å². The number of benzene rings is 1. The Hall–Kier alpha value is -2.18. The standard InChI is InChI=1S/C22H27N3O2S/c1-24(14-21(26)25(2)18-9-4-3-5-10-18)13-17-15-28-22(23-17)20-12-16-8-6-7-11-19(16)27-20/h6-8,11-12,15,18H,3-5,9-10,13-14H2,1-2H3. The lowest BCUT2D eigenvalue weighted by Crippen LogP contribution is -2.43. The number of thiazole rings is 1. The van der Waals surface area contributed by atoms with Gasteiger partial charge in [-0.1, -0.05) is 37.5 Å². The van der Waals surface area contributed by atoms with Gasteiger partial charge in [0.1, 0.15) is 5.58 Å². The van der Waals surface area contributed by atoms with Gasteiger partial charge in [-0.25, -0.2) is 4.98 Å². The van der Waals surface area contributed by atoms with Crippen LogP contribution in [0, 0.1) is 0 Å². The molecule has 3 aromatic rings. The molecular weight excluding hydrogens is 370 g/mol. The molecule has 0 atom stereocenters. The molecule has 1 aromatic carbocycles. The van der Waals surface area contributed by atoms with E-state index in [9.17, 15) is 4.79 Å². The van der Waals surface area contributed by atoms with Gasteiger partial charge in [0, 0.05) is 30.4 Å². The van der Waals surface area contributed by atoms with Crippen molar-refractivity contribution in [2.75, 3.05) is 20.6 Å². The second kappa shape index (κ2) is 8.45. The zero-order valence-electron chi connectivity index (χ0n) is 16.6. The predicted octanol–water partition coefficient (Wildman–Crippen LogP) is 4.78. The van der Waals surface area contributed by atoms with Crippen LogP contribution in [-0.2, 0) is 11.3 Å². The first-order valence-electron chi connectivity index (χ1n) is 9.98. The molecule has 4 rings (SSSR count). The van der Waals surface area contributed by atoms with E-state index in [0.717, 1.165) is 40.3 Å². The third-order valence-electron chi connectivity index (χ3n) is 5.54. The monoisotopic (exact) mass is 397 g/mol. The van der Waals surface area contributed by atoms with E-state index in [-0.39, 0.29) is 5.91 Å². The van der Waals surface area contributed by atoms with E-state index in [1.54, 1.807) is 11.3 Å². The van der Waals surface area contributed by atoms with Gasteiger partial charge < -0.3 is 9.32 Å². The summed E-state index contributed by atoms with van der Waals surface area (Å²) in [7, 11) is 3.93. The van der Waals surface area contributed by atoms with Crippen molar-refractivity contribution in [2.45, 2.75) is 44.7 Å². The van der Waals surface area contributed by atoms with Crippen LogP contribution in [0.2, 0.25) is 0 Å². The maximum atomic E-state index is 12.6. The minimum Gasteiger partial charge on any atom is -0.454 e. The van der Waals surface area contributed by atoms with Crippen LogP contribution >= 0.6 is 11.3 Å². The molecule has 0 spiro atoms. The molecule has 2 heterocycles. The summed E-state index contributed by atoms with van der Waals surface area (Å²) in [4.78, 5) is 21.3. The van der Waals surface area contributed by atoms with E-state index in [0.29, 0.717) is 19.1 Å².